The summed E-state index contributed by atoms with van der Waals surface area (Å²) in [5, 5.41) is 10.3. The first kappa shape index (κ1) is 22.5. The number of carbonyl (C=O) groups excluding carboxylic acids is 2. The van der Waals surface area contributed by atoms with Crippen LogP contribution < -0.4 is 10.1 Å². The van der Waals surface area contributed by atoms with Gasteiger partial charge in [0, 0.05) is 33.2 Å². The molecule has 0 unspecified atom stereocenters. The Kier molecular flexibility index (Phi) is 6.99. The molecule has 0 saturated carbocycles. The highest BCUT2D eigenvalue weighted by atomic mass is 16.6. The Labute approximate surface area is 192 Å². The van der Waals surface area contributed by atoms with E-state index in [-0.39, 0.29) is 18.4 Å². The molecule has 2 amide bonds. The fourth-order valence-corrected chi connectivity index (χ4v) is 3.91. The number of piperazine rings is 1. The highest BCUT2D eigenvalue weighted by Crippen LogP contribution is 2.24. The molecule has 2 heterocycles. The van der Waals surface area contributed by atoms with Crippen LogP contribution in [0, 0.1) is 6.92 Å². The Balaban J connectivity index is 1.51. The van der Waals surface area contributed by atoms with E-state index in [2.05, 4.69) is 32.7 Å². The lowest BCUT2D eigenvalue weighted by molar-refractivity contribution is -0.127. The average molecular weight is 450 g/mol. The minimum absolute atomic E-state index is 0.128. The van der Waals surface area contributed by atoms with Gasteiger partial charge < -0.3 is 15.0 Å². The van der Waals surface area contributed by atoms with Crippen LogP contribution in [0.1, 0.15) is 27.3 Å². The molecule has 1 saturated heterocycles. The van der Waals surface area contributed by atoms with E-state index in [9.17, 15) is 9.59 Å². The van der Waals surface area contributed by atoms with Gasteiger partial charge in [0.1, 0.15) is 29.8 Å². The zero-order chi connectivity index (χ0) is 23.2. The molecular formula is C24H27N5O4. The van der Waals surface area contributed by atoms with Gasteiger partial charge in [-0.1, -0.05) is 52.8 Å². The van der Waals surface area contributed by atoms with Crippen molar-refractivity contribution < 1.29 is 19.0 Å². The number of hydrogen-bond acceptors (Lipinski definition) is 7. The molecular weight excluding hydrogens is 422 g/mol. The summed E-state index contributed by atoms with van der Waals surface area (Å²) < 4.78 is 10.6. The summed E-state index contributed by atoms with van der Waals surface area (Å²) in [6, 6.07) is 16.5. The van der Waals surface area contributed by atoms with Crippen LogP contribution in [0.2, 0.25) is 0 Å². The van der Waals surface area contributed by atoms with E-state index in [1.165, 1.54) is 5.56 Å². The summed E-state index contributed by atoms with van der Waals surface area (Å²) in [4.78, 5) is 30.1. The maximum absolute atomic E-state index is 13.5. The van der Waals surface area contributed by atoms with Gasteiger partial charge in [0.15, 0.2) is 0 Å². The molecule has 0 bridgehead atoms. The third kappa shape index (κ3) is 5.20. The Morgan fingerprint density at radius 1 is 1.09 bits per heavy atom. The predicted molar refractivity (Wildman–Crippen MR) is 120 cm³/mol. The fraction of sp³-hybridized carbons (Fsp3) is 0.333. The second-order valence-electron chi connectivity index (χ2n) is 7.93. The monoisotopic (exact) mass is 449 g/mol. The van der Waals surface area contributed by atoms with Crippen molar-refractivity contribution in [1.29, 1.82) is 0 Å². The van der Waals surface area contributed by atoms with Crippen LogP contribution >= 0.6 is 0 Å². The molecule has 0 radical (unpaired) electrons. The number of para-hydroxylation sites is 1. The van der Waals surface area contributed by atoms with Gasteiger partial charge in [0.05, 0.1) is 5.56 Å². The highest BCUT2D eigenvalue weighted by molar-refractivity contribution is 5.99. The maximum atomic E-state index is 13.5. The van der Waals surface area contributed by atoms with Crippen molar-refractivity contribution >= 4 is 11.8 Å². The molecule has 4 rings (SSSR count). The van der Waals surface area contributed by atoms with Gasteiger partial charge in [-0.25, -0.2) is 4.63 Å². The number of nitrogens with zero attached hydrogens (tertiary/aromatic N) is 4. The predicted octanol–water partition coefficient (Wildman–Crippen LogP) is 2.03. The van der Waals surface area contributed by atoms with Gasteiger partial charge in [-0.05, 0) is 24.6 Å². The Morgan fingerprint density at radius 3 is 2.58 bits per heavy atom. The molecule has 2 aromatic carbocycles. The van der Waals surface area contributed by atoms with Crippen LogP contribution in [0.5, 0.6) is 5.75 Å². The molecule has 9 nitrogen and oxygen atoms in total. The number of rotatable bonds is 7. The number of hydrogen-bond donors (Lipinski definition) is 1. The summed E-state index contributed by atoms with van der Waals surface area (Å²) in [6.45, 7) is 4.18. The van der Waals surface area contributed by atoms with Gasteiger partial charge in [-0.2, -0.15) is 0 Å². The molecule has 1 N–H and O–H groups in total. The Bertz CT molecular complexity index is 1100. The van der Waals surface area contributed by atoms with E-state index in [0.717, 1.165) is 6.54 Å². The van der Waals surface area contributed by atoms with Crippen molar-refractivity contribution in [3.8, 4) is 5.75 Å². The van der Waals surface area contributed by atoms with Crippen LogP contribution in [0.3, 0.4) is 0 Å². The van der Waals surface area contributed by atoms with Crippen molar-refractivity contribution in [2.24, 2.45) is 0 Å². The summed E-state index contributed by atoms with van der Waals surface area (Å²) >= 11 is 0. The minimum atomic E-state index is -0.602. The van der Waals surface area contributed by atoms with Crippen molar-refractivity contribution in [3.63, 3.8) is 0 Å². The van der Waals surface area contributed by atoms with Crippen LogP contribution in [-0.4, -0.2) is 64.7 Å². The zero-order valence-electron chi connectivity index (χ0n) is 18.7. The SMILES string of the molecule is CNC(=O)[C@@H]1CN(Cc2ccccc2)CCN1C(=O)c1ccccc1OCc1nonc1C. The zero-order valence-corrected chi connectivity index (χ0v) is 18.7. The quantitative estimate of drug-likeness (QED) is 0.589. The van der Waals surface area contributed by atoms with E-state index in [4.69, 9.17) is 9.37 Å². The lowest BCUT2D eigenvalue weighted by Crippen LogP contribution is -2.60. The van der Waals surface area contributed by atoms with Crippen LogP contribution in [0.25, 0.3) is 0 Å². The van der Waals surface area contributed by atoms with Crippen molar-refractivity contribution in [2.45, 2.75) is 26.1 Å². The molecule has 1 fully saturated rings. The van der Waals surface area contributed by atoms with E-state index in [1.807, 2.05) is 18.2 Å². The van der Waals surface area contributed by atoms with Gasteiger partial charge >= 0.3 is 0 Å². The van der Waals surface area contributed by atoms with Crippen LogP contribution in [0.4, 0.5) is 0 Å². The number of aromatic nitrogens is 2. The number of likely N-dealkylation sites (N-methyl/N-ethyl adjacent to an activating group) is 1. The first-order chi connectivity index (χ1) is 16.1. The molecule has 1 atom stereocenters. The van der Waals surface area contributed by atoms with Crippen molar-refractivity contribution in [2.75, 3.05) is 26.7 Å². The second-order valence-corrected chi connectivity index (χ2v) is 7.93. The first-order valence-corrected chi connectivity index (χ1v) is 10.9. The number of benzene rings is 2. The molecule has 0 spiro atoms. The van der Waals surface area contributed by atoms with Gasteiger partial charge in [0.25, 0.3) is 5.91 Å². The lowest BCUT2D eigenvalue weighted by atomic mass is 10.1. The Morgan fingerprint density at radius 2 is 1.85 bits per heavy atom. The summed E-state index contributed by atoms with van der Waals surface area (Å²) in [7, 11) is 1.59. The topological polar surface area (TPSA) is 101 Å². The highest BCUT2D eigenvalue weighted by Gasteiger charge is 2.36. The largest absolute Gasteiger partial charge is 0.486 e. The smallest absolute Gasteiger partial charge is 0.258 e. The molecule has 1 aliphatic heterocycles. The standard InChI is InChI=1S/C24H27N5O4/c1-17-20(27-33-26-17)16-32-22-11-7-6-10-19(22)24(31)29-13-12-28(15-21(29)23(30)25-2)14-18-8-4-3-5-9-18/h3-11,21H,12-16H2,1-2H3,(H,25,30)/t21-/m0/s1. The molecule has 3 aromatic rings. The molecule has 172 valence electrons. The number of carbonyl (C=O) groups is 2. The fourth-order valence-electron chi connectivity index (χ4n) is 3.91. The molecule has 0 aliphatic carbocycles. The van der Waals surface area contributed by atoms with Crippen LogP contribution in [0.15, 0.2) is 59.2 Å². The number of ether oxygens (including phenoxy) is 1. The molecule has 1 aliphatic rings. The van der Waals surface area contributed by atoms with Gasteiger partial charge in [-0.3, -0.25) is 14.5 Å². The van der Waals surface area contributed by atoms with E-state index < -0.39 is 6.04 Å². The van der Waals surface area contributed by atoms with Gasteiger partial charge in [-0.15, -0.1) is 0 Å². The minimum Gasteiger partial charge on any atom is -0.486 e. The Hall–Kier alpha value is -3.72. The maximum Gasteiger partial charge on any atom is 0.258 e. The first-order valence-electron chi connectivity index (χ1n) is 10.9. The van der Waals surface area contributed by atoms with E-state index >= 15 is 0 Å². The van der Waals surface area contributed by atoms with Crippen molar-refractivity contribution in [1.82, 2.24) is 25.4 Å². The van der Waals surface area contributed by atoms with Crippen LogP contribution in [-0.2, 0) is 17.9 Å². The average Bonchev–Trinajstić information content (AvgIpc) is 3.27. The normalized spacial score (nSPS) is 16.4. The number of amides is 2. The molecule has 9 heteroatoms. The molecule has 1 aromatic heterocycles. The van der Waals surface area contributed by atoms with E-state index in [1.54, 1.807) is 43.1 Å². The lowest BCUT2D eigenvalue weighted by Gasteiger charge is -2.40. The van der Waals surface area contributed by atoms with Crippen molar-refractivity contribution in [3.05, 3.63) is 77.1 Å². The third-order valence-corrected chi connectivity index (χ3v) is 5.75. The summed E-state index contributed by atoms with van der Waals surface area (Å²) in [5.41, 5.74) is 2.77. The molecule has 33 heavy (non-hydrogen) atoms. The number of nitrogens with one attached hydrogen (secondary N) is 1. The third-order valence-electron chi connectivity index (χ3n) is 5.75. The summed E-state index contributed by atoms with van der Waals surface area (Å²) in [6.07, 6.45) is 0. The van der Waals surface area contributed by atoms with E-state index in [0.29, 0.717) is 42.3 Å². The summed E-state index contributed by atoms with van der Waals surface area (Å²) in [5.74, 6) is -0.00959. The second kappa shape index (κ2) is 10.3. The number of aryl methyl sites for hydroxylation is 1. The van der Waals surface area contributed by atoms with Gasteiger partial charge in [0.2, 0.25) is 5.91 Å².